The molecule has 0 radical (unpaired) electrons. The predicted molar refractivity (Wildman–Crippen MR) is 69.8 cm³/mol. The number of carbonyl (C=O) groups is 1. The number of aromatic amines is 1. The van der Waals surface area contributed by atoms with Gasteiger partial charge < -0.3 is 5.32 Å². The number of carbonyl (C=O) groups excluding carboxylic acids is 1. The first-order valence-electron chi connectivity index (χ1n) is 5.25. The molecule has 1 heterocycles. The van der Waals surface area contributed by atoms with Gasteiger partial charge in [-0.25, -0.2) is 0 Å². The highest BCUT2D eigenvalue weighted by atomic mass is 32.2. The van der Waals surface area contributed by atoms with E-state index in [9.17, 15) is 4.79 Å². The number of hydrogen-bond donors (Lipinski definition) is 2. The maximum atomic E-state index is 11.5. The quantitative estimate of drug-likeness (QED) is 0.852. The van der Waals surface area contributed by atoms with Gasteiger partial charge in [0.1, 0.15) is 0 Å². The number of benzene rings is 1. The number of thioether (sulfide) groups is 1. The summed E-state index contributed by atoms with van der Waals surface area (Å²) in [5, 5.41) is 9.16. The Labute approximate surface area is 104 Å². The maximum absolute atomic E-state index is 11.5. The summed E-state index contributed by atoms with van der Waals surface area (Å²) in [4.78, 5) is 11.5. The number of nitrogens with zero attached hydrogens (tertiary/aromatic N) is 1. The number of nitrogens with one attached hydrogen (secondary N) is 2. The second kappa shape index (κ2) is 6.10. The fourth-order valence-corrected chi connectivity index (χ4v) is 2.14. The summed E-state index contributed by atoms with van der Waals surface area (Å²) in [7, 11) is 0. The first-order chi connectivity index (χ1) is 8.34. The molecule has 0 aliphatic rings. The second-order valence-electron chi connectivity index (χ2n) is 3.51. The van der Waals surface area contributed by atoms with E-state index in [1.807, 2.05) is 18.2 Å². The van der Waals surface area contributed by atoms with Crippen LogP contribution in [0.2, 0.25) is 0 Å². The smallest absolute Gasteiger partial charge is 0.234 e. The van der Waals surface area contributed by atoms with E-state index >= 15 is 0 Å². The fourth-order valence-electron chi connectivity index (χ4n) is 1.35. The van der Waals surface area contributed by atoms with E-state index in [0.29, 0.717) is 11.4 Å². The summed E-state index contributed by atoms with van der Waals surface area (Å²) in [5.41, 5.74) is 1.93. The topological polar surface area (TPSA) is 57.8 Å². The molecule has 0 spiro atoms. The summed E-state index contributed by atoms with van der Waals surface area (Å²) in [5.74, 6) is 1.28. The van der Waals surface area contributed by atoms with Gasteiger partial charge in [-0.15, -0.1) is 11.8 Å². The highest BCUT2D eigenvalue weighted by molar-refractivity contribution is 7.99. The van der Waals surface area contributed by atoms with Gasteiger partial charge in [0.2, 0.25) is 5.91 Å². The van der Waals surface area contributed by atoms with Crippen LogP contribution in [-0.4, -0.2) is 21.9 Å². The Morgan fingerprint density at radius 2 is 2.18 bits per heavy atom. The van der Waals surface area contributed by atoms with E-state index < -0.39 is 0 Å². The van der Waals surface area contributed by atoms with Crippen LogP contribution in [-0.2, 0) is 10.5 Å². The van der Waals surface area contributed by atoms with Crippen LogP contribution < -0.4 is 5.32 Å². The van der Waals surface area contributed by atoms with Crippen molar-refractivity contribution in [3.63, 3.8) is 0 Å². The van der Waals surface area contributed by atoms with Crippen molar-refractivity contribution in [2.75, 3.05) is 11.1 Å². The SMILES string of the molecule is O=C(CSCc1ccccc1)Nc1cn[nH]c1. The van der Waals surface area contributed by atoms with Crippen molar-refractivity contribution in [3.05, 3.63) is 48.3 Å². The molecule has 0 aliphatic heterocycles. The van der Waals surface area contributed by atoms with Gasteiger partial charge in [0.15, 0.2) is 0 Å². The van der Waals surface area contributed by atoms with Gasteiger partial charge in [-0.1, -0.05) is 30.3 Å². The van der Waals surface area contributed by atoms with Crippen LogP contribution in [0.25, 0.3) is 0 Å². The van der Waals surface area contributed by atoms with Crippen LogP contribution in [0.3, 0.4) is 0 Å². The first-order valence-corrected chi connectivity index (χ1v) is 6.40. The molecule has 17 heavy (non-hydrogen) atoms. The molecule has 1 aromatic carbocycles. The van der Waals surface area contributed by atoms with Crippen LogP contribution >= 0.6 is 11.8 Å². The minimum Gasteiger partial charge on any atom is -0.323 e. The summed E-state index contributed by atoms with van der Waals surface area (Å²) in [6, 6.07) is 10.1. The van der Waals surface area contributed by atoms with Crippen molar-refractivity contribution in [2.45, 2.75) is 5.75 Å². The Morgan fingerprint density at radius 1 is 1.35 bits per heavy atom. The molecular weight excluding hydrogens is 234 g/mol. The minimum atomic E-state index is -0.00710. The molecule has 0 saturated carbocycles. The van der Waals surface area contributed by atoms with Crippen LogP contribution in [0.1, 0.15) is 5.56 Å². The predicted octanol–water partition coefficient (Wildman–Crippen LogP) is 2.28. The highest BCUT2D eigenvalue weighted by Gasteiger charge is 2.03. The molecule has 0 saturated heterocycles. The molecule has 5 heteroatoms. The number of anilines is 1. The second-order valence-corrected chi connectivity index (χ2v) is 4.50. The first kappa shape index (κ1) is 11.7. The third-order valence-corrected chi connectivity index (χ3v) is 3.13. The zero-order valence-corrected chi connectivity index (χ0v) is 10.0. The third kappa shape index (κ3) is 3.96. The standard InChI is InChI=1S/C12H13N3OS/c16-12(15-11-6-13-14-7-11)9-17-8-10-4-2-1-3-5-10/h1-7H,8-9H2,(H,13,14)(H,15,16). The molecule has 4 nitrogen and oxygen atoms in total. The van der Waals surface area contributed by atoms with Gasteiger partial charge in [0.05, 0.1) is 17.6 Å². The van der Waals surface area contributed by atoms with Crippen molar-refractivity contribution in [3.8, 4) is 0 Å². The number of aromatic nitrogens is 2. The van der Waals surface area contributed by atoms with Gasteiger partial charge in [-0.05, 0) is 5.56 Å². The molecule has 1 amide bonds. The van der Waals surface area contributed by atoms with Crippen molar-refractivity contribution < 1.29 is 4.79 Å². The lowest BCUT2D eigenvalue weighted by atomic mass is 10.2. The average Bonchev–Trinajstić information content (AvgIpc) is 2.83. The van der Waals surface area contributed by atoms with E-state index in [1.54, 1.807) is 24.2 Å². The number of H-pyrrole nitrogens is 1. The molecule has 0 unspecified atom stereocenters. The molecule has 2 rings (SSSR count). The maximum Gasteiger partial charge on any atom is 0.234 e. The number of hydrogen-bond acceptors (Lipinski definition) is 3. The summed E-state index contributed by atoms with van der Waals surface area (Å²) in [6.07, 6.45) is 3.24. The number of rotatable bonds is 5. The van der Waals surface area contributed by atoms with Crippen LogP contribution in [0, 0.1) is 0 Å². The molecule has 1 aromatic heterocycles. The Bertz CT molecular complexity index is 456. The molecule has 88 valence electrons. The van der Waals surface area contributed by atoms with Gasteiger partial charge >= 0.3 is 0 Å². The minimum absolute atomic E-state index is 0.00710. The van der Waals surface area contributed by atoms with Crippen LogP contribution in [0.4, 0.5) is 5.69 Å². The van der Waals surface area contributed by atoms with Crippen LogP contribution in [0.15, 0.2) is 42.7 Å². The van der Waals surface area contributed by atoms with Gasteiger partial charge in [-0.2, -0.15) is 5.10 Å². The van der Waals surface area contributed by atoms with E-state index in [-0.39, 0.29) is 5.91 Å². The van der Waals surface area contributed by atoms with E-state index in [2.05, 4.69) is 27.6 Å². The zero-order valence-electron chi connectivity index (χ0n) is 9.22. The van der Waals surface area contributed by atoms with Gasteiger partial charge in [0, 0.05) is 11.9 Å². The van der Waals surface area contributed by atoms with Gasteiger partial charge in [-0.3, -0.25) is 9.89 Å². The molecule has 2 N–H and O–H groups in total. The molecule has 0 bridgehead atoms. The summed E-state index contributed by atoms with van der Waals surface area (Å²) >= 11 is 1.59. The van der Waals surface area contributed by atoms with E-state index in [1.165, 1.54) is 5.56 Å². The molecule has 0 fully saturated rings. The molecule has 0 atom stereocenters. The van der Waals surface area contributed by atoms with Crippen molar-refractivity contribution in [2.24, 2.45) is 0 Å². The highest BCUT2D eigenvalue weighted by Crippen LogP contribution is 2.12. The fraction of sp³-hybridized carbons (Fsp3) is 0.167. The van der Waals surface area contributed by atoms with Crippen molar-refractivity contribution in [1.29, 1.82) is 0 Å². The molecule has 2 aromatic rings. The lowest BCUT2D eigenvalue weighted by Gasteiger charge is -2.02. The van der Waals surface area contributed by atoms with Crippen LogP contribution in [0.5, 0.6) is 0 Å². The van der Waals surface area contributed by atoms with E-state index in [4.69, 9.17) is 0 Å². The normalized spacial score (nSPS) is 10.1. The Hall–Kier alpha value is -1.75. The zero-order chi connectivity index (χ0) is 11.9. The monoisotopic (exact) mass is 247 g/mol. The lowest BCUT2D eigenvalue weighted by molar-refractivity contribution is -0.113. The van der Waals surface area contributed by atoms with E-state index in [0.717, 1.165) is 5.75 Å². The third-order valence-electron chi connectivity index (χ3n) is 2.13. The van der Waals surface area contributed by atoms with Gasteiger partial charge in [0.25, 0.3) is 0 Å². The summed E-state index contributed by atoms with van der Waals surface area (Å²) < 4.78 is 0. The Kier molecular flexibility index (Phi) is 4.21. The molecule has 0 aliphatic carbocycles. The van der Waals surface area contributed by atoms with Crippen molar-refractivity contribution in [1.82, 2.24) is 10.2 Å². The average molecular weight is 247 g/mol. The Balaban J connectivity index is 1.70. The summed E-state index contributed by atoms with van der Waals surface area (Å²) in [6.45, 7) is 0. The molecular formula is C12H13N3OS. The lowest BCUT2D eigenvalue weighted by Crippen LogP contribution is -2.13. The number of amides is 1. The largest absolute Gasteiger partial charge is 0.323 e. The Morgan fingerprint density at radius 3 is 2.88 bits per heavy atom. The van der Waals surface area contributed by atoms with Crippen molar-refractivity contribution >= 4 is 23.4 Å².